The van der Waals surface area contributed by atoms with Gasteiger partial charge in [0, 0.05) is 24.1 Å². The van der Waals surface area contributed by atoms with Gasteiger partial charge in [0.15, 0.2) is 0 Å². The summed E-state index contributed by atoms with van der Waals surface area (Å²) in [5.74, 6) is 1.49. The number of esters is 1. The van der Waals surface area contributed by atoms with E-state index in [1.165, 1.54) is 68.9 Å². The monoisotopic (exact) mass is 484 g/mol. The molecule has 2 aliphatic carbocycles. The van der Waals surface area contributed by atoms with Gasteiger partial charge in [-0.1, -0.05) is 31.4 Å². The van der Waals surface area contributed by atoms with Crippen molar-refractivity contribution in [2.24, 2.45) is 0 Å². The Morgan fingerprint density at radius 2 is 1.50 bits per heavy atom. The van der Waals surface area contributed by atoms with Crippen LogP contribution in [0.2, 0.25) is 0 Å². The van der Waals surface area contributed by atoms with Crippen molar-refractivity contribution in [3.63, 3.8) is 0 Å². The lowest BCUT2D eigenvalue weighted by molar-refractivity contribution is 0.0601. The molecule has 3 aromatic rings. The van der Waals surface area contributed by atoms with Crippen LogP contribution in [-0.4, -0.2) is 27.2 Å². The summed E-state index contributed by atoms with van der Waals surface area (Å²) in [7, 11) is 5.12. The molecule has 2 aliphatic rings. The van der Waals surface area contributed by atoms with Gasteiger partial charge in [-0.2, -0.15) is 0 Å². The van der Waals surface area contributed by atoms with E-state index in [1.54, 1.807) is 13.2 Å². The zero-order valence-corrected chi connectivity index (χ0v) is 21.5. The van der Waals surface area contributed by atoms with E-state index in [2.05, 4.69) is 59.7 Å². The number of hydrogen-bond acceptors (Lipinski definition) is 5. The highest BCUT2D eigenvalue weighted by atomic mass is 16.5. The standard InChI is InChI=1S/C31H36N2O3/c1-33(24-13-11-22(12-14-24)21-7-5-4-6-8-21)25-15-17-29(27(19-25)23-9-10-23)32-30-18-16-26(35-2)20-28(30)31(34)36-3/h11-21,23,32H,4-10H2,1-3H3. The van der Waals surface area contributed by atoms with Gasteiger partial charge in [0.1, 0.15) is 5.75 Å². The van der Waals surface area contributed by atoms with Gasteiger partial charge < -0.3 is 19.7 Å². The summed E-state index contributed by atoms with van der Waals surface area (Å²) in [6.07, 6.45) is 9.10. The number of carbonyl (C=O) groups is 1. The van der Waals surface area contributed by atoms with Gasteiger partial charge in [-0.15, -0.1) is 0 Å². The van der Waals surface area contributed by atoms with Gasteiger partial charge >= 0.3 is 5.97 Å². The highest BCUT2D eigenvalue weighted by Gasteiger charge is 2.27. The lowest BCUT2D eigenvalue weighted by atomic mass is 9.84. The molecular formula is C31H36N2O3. The van der Waals surface area contributed by atoms with Gasteiger partial charge in [-0.3, -0.25) is 0 Å². The molecule has 0 radical (unpaired) electrons. The third kappa shape index (κ3) is 5.20. The second kappa shape index (κ2) is 10.7. The molecule has 1 N–H and O–H groups in total. The predicted octanol–water partition coefficient (Wildman–Crippen LogP) is 7.92. The van der Waals surface area contributed by atoms with E-state index >= 15 is 0 Å². The minimum Gasteiger partial charge on any atom is -0.497 e. The van der Waals surface area contributed by atoms with E-state index in [9.17, 15) is 4.79 Å². The molecule has 0 spiro atoms. The quantitative estimate of drug-likeness (QED) is 0.329. The van der Waals surface area contributed by atoms with Crippen LogP contribution in [0.3, 0.4) is 0 Å². The molecule has 0 bridgehead atoms. The van der Waals surface area contributed by atoms with Crippen LogP contribution >= 0.6 is 0 Å². The Kier molecular flexibility index (Phi) is 7.17. The van der Waals surface area contributed by atoms with Crippen LogP contribution in [0.4, 0.5) is 22.7 Å². The number of nitrogens with one attached hydrogen (secondary N) is 1. The number of anilines is 4. The SMILES string of the molecule is COC(=O)c1cc(OC)ccc1Nc1ccc(N(C)c2ccc(C3CCCCC3)cc2)cc1C1CC1. The first kappa shape index (κ1) is 24.2. The van der Waals surface area contributed by atoms with Gasteiger partial charge in [0.2, 0.25) is 0 Å². The molecule has 3 aromatic carbocycles. The van der Waals surface area contributed by atoms with Crippen LogP contribution in [0, 0.1) is 0 Å². The molecule has 2 fully saturated rings. The average molecular weight is 485 g/mol. The molecule has 0 aliphatic heterocycles. The highest BCUT2D eigenvalue weighted by Crippen LogP contribution is 2.46. The predicted molar refractivity (Wildman–Crippen MR) is 146 cm³/mol. The number of methoxy groups -OCH3 is 2. The molecule has 5 rings (SSSR count). The molecule has 0 heterocycles. The van der Waals surface area contributed by atoms with E-state index in [0.717, 1.165) is 17.3 Å². The van der Waals surface area contributed by atoms with Crippen LogP contribution in [0.1, 0.15) is 78.3 Å². The maximum Gasteiger partial charge on any atom is 0.340 e. The Morgan fingerprint density at radius 1 is 0.806 bits per heavy atom. The van der Waals surface area contributed by atoms with E-state index in [1.807, 2.05) is 12.1 Å². The number of nitrogens with zero attached hydrogens (tertiary/aromatic N) is 1. The molecule has 188 valence electrons. The normalized spacial score (nSPS) is 15.9. The zero-order valence-electron chi connectivity index (χ0n) is 21.5. The first-order valence-corrected chi connectivity index (χ1v) is 13.1. The van der Waals surface area contributed by atoms with Crippen molar-refractivity contribution in [1.29, 1.82) is 0 Å². The molecule has 0 saturated heterocycles. The average Bonchev–Trinajstić information content (AvgIpc) is 3.79. The van der Waals surface area contributed by atoms with Crippen molar-refractivity contribution in [3.05, 3.63) is 77.4 Å². The minimum absolute atomic E-state index is 0.391. The first-order valence-electron chi connectivity index (χ1n) is 13.1. The summed E-state index contributed by atoms with van der Waals surface area (Å²) >= 11 is 0. The molecule has 5 heteroatoms. The Labute approximate surface area is 214 Å². The third-order valence-electron chi connectivity index (χ3n) is 7.70. The van der Waals surface area contributed by atoms with Crippen molar-refractivity contribution in [3.8, 4) is 5.75 Å². The van der Waals surface area contributed by atoms with E-state index in [0.29, 0.717) is 22.9 Å². The topological polar surface area (TPSA) is 50.8 Å². The van der Waals surface area contributed by atoms with Crippen molar-refractivity contribution >= 4 is 28.7 Å². The van der Waals surface area contributed by atoms with Crippen molar-refractivity contribution in [2.75, 3.05) is 31.5 Å². The summed E-state index contributed by atoms with van der Waals surface area (Å²) in [5.41, 5.74) is 7.31. The first-order chi connectivity index (χ1) is 17.6. The smallest absolute Gasteiger partial charge is 0.340 e. The number of ether oxygens (including phenoxy) is 2. The van der Waals surface area contributed by atoms with Crippen LogP contribution in [-0.2, 0) is 4.74 Å². The maximum absolute atomic E-state index is 12.4. The van der Waals surface area contributed by atoms with Crippen molar-refractivity contribution in [1.82, 2.24) is 0 Å². The van der Waals surface area contributed by atoms with Crippen molar-refractivity contribution in [2.45, 2.75) is 56.8 Å². The molecular weight excluding hydrogens is 448 g/mol. The summed E-state index contributed by atoms with van der Waals surface area (Å²) in [4.78, 5) is 14.7. The molecule has 0 amide bonds. The third-order valence-corrected chi connectivity index (χ3v) is 7.70. The number of hydrogen-bond donors (Lipinski definition) is 1. The molecule has 0 unspecified atom stereocenters. The van der Waals surface area contributed by atoms with Crippen molar-refractivity contribution < 1.29 is 14.3 Å². The molecule has 5 nitrogen and oxygen atoms in total. The van der Waals surface area contributed by atoms with E-state index < -0.39 is 5.97 Å². The summed E-state index contributed by atoms with van der Waals surface area (Å²) < 4.78 is 10.3. The van der Waals surface area contributed by atoms with Gasteiger partial charge in [-0.25, -0.2) is 4.79 Å². The number of benzene rings is 3. The van der Waals surface area contributed by atoms with Crippen LogP contribution in [0.5, 0.6) is 5.75 Å². The van der Waals surface area contributed by atoms with Gasteiger partial charge in [-0.05, 0) is 97.2 Å². The Morgan fingerprint density at radius 3 is 2.17 bits per heavy atom. The second-order valence-electron chi connectivity index (χ2n) is 10.1. The zero-order chi connectivity index (χ0) is 25.1. The molecule has 0 aromatic heterocycles. The van der Waals surface area contributed by atoms with Crippen LogP contribution in [0.15, 0.2) is 60.7 Å². The Bertz CT molecular complexity index is 1210. The molecule has 0 atom stereocenters. The summed E-state index contributed by atoms with van der Waals surface area (Å²) in [6, 6.07) is 21.1. The molecule has 2 saturated carbocycles. The second-order valence-corrected chi connectivity index (χ2v) is 10.1. The van der Waals surface area contributed by atoms with Gasteiger partial charge in [0.25, 0.3) is 0 Å². The van der Waals surface area contributed by atoms with E-state index in [-0.39, 0.29) is 0 Å². The fourth-order valence-electron chi connectivity index (χ4n) is 5.34. The minimum atomic E-state index is -0.391. The Hall–Kier alpha value is -3.47. The van der Waals surface area contributed by atoms with Crippen LogP contribution in [0.25, 0.3) is 0 Å². The summed E-state index contributed by atoms with van der Waals surface area (Å²) in [6.45, 7) is 0. The van der Waals surface area contributed by atoms with Crippen LogP contribution < -0.4 is 15.0 Å². The fraction of sp³-hybridized carbons (Fsp3) is 0.387. The van der Waals surface area contributed by atoms with E-state index in [4.69, 9.17) is 9.47 Å². The summed E-state index contributed by atoms with van der Waals surface area (Å²) in [5, 5.41) is 3.50. The highest BCUT2D eigenvalue weighted by molar-refractivity contribution is 5.97. The fourth-order valence-corrected chi connectivity index (χ4v) is 5.34. The lowest BCUT2D eigenvalue weighted by Gasteiger charge is -2.25. The molecule has 36 heavy (non-hydrogen) atoms. The number of rotatable bonds is 8. The Balaban J connectivity index is 1.39. The lowest BCUT2D eigenvalue weighted by Crippen LogP contribution is -2.11. The number of carbonyl (C=O) groups excluding carboxylic acids is 1. The largest absolute Gasteiger partial charge is 0.497 e. The maximum atomic E-state index is 12.4. The van der Waals surface area contributed by atoms with Gasteiger partial charge in [0.05, 0.1) is 25.5 Å².